The molecule has 1 aliphatic rings. The van der Waals surface area contributed by atoms with E-state index in [1.807, 2.05) is 62.6 Å². The van der Waals surface area contributed by atoms with Crippen LogP contribution in [0.4, 0.5) is 0 Å². The molecule has 1 aliphatic heterocycles. The van der Waals surface area contributed by atoms with Crippen LogP contribution in [0.15, 0.2) is 60.9 Å². The number of amides is 1. The second kappa shape index (κ2) is 12.3. The molecule has 2 aromatic carbocycles. The van der Waals surface area contributed by atoms with Gasteiger partial charge in [0.05, 0.1) is 13.2 Å². The van der Waals surface area contributed by atoms with E-state index in [1.54, 1.807) is 11.8 Å². The van der Waals surface area contributed by atoms with E-state index < -0.39 is 5.60 Å². The third kappa shape index (κ3) is 7.81. The van der Waals surface area contributed by atoms with Crippen LogP contribution in [-0.2, 0) is 17.9 Å². The molecule has 1 saturated heterocycles. The number of β-amino-alcohol motifs (C(OH)–C–C–N with tert-alkyl or cyclic N) is 1. The van der Waals surface area contributed by atoms with Gasteiger partial charge in [0.2, 0.25) is 5.91 Å². The molecule has 8 heteroatoms. The van der Waals surface area contributed by atoms with Gasteiger partial charge >= 0.3 is 0 Å². The summed E-state index contributed by atoms with van der Waals surface area (Å²) in [6, 6.07) is 15.8. The zero-order valence-electron chi connectivity index (χ0n) is 22.1. The van der Waals surface area contributed by atoms with Crippen LogP contribution >= 0.6 is 0 Å². The van der Waals surface area contributed by atoms with Crippen molar-refractivity contribution in [2.75, 3.05) is 39.4 Å². The number of carbonyl (C=O) groups excluding carboxylic acids is 1. The van der Waals surface area contributed by atoms with E-state index in [9.17, 15) is 9.90 Å². The third-order valence-corrected chi connectivity index (χ3v) is 6.70. The Hall–Kier alpha value is -3.36. The standard InChI is InChI=1S/C29H38N4O4/c1-23-8-10-27(11-9-23)37-22-29(35)20-31(15-16-33(21-29)25(3)34)19-26-6-4-7-28(18-26)36-17-5-13-32-14-12-30-24(32)2/h4,6-12,14,18,35H,5,13,15-17,19-22H2,1-3H3/t29-/m0/s1. The molecular weight excluding hydrogens is 468 g/mol. The molecule has 3 aromatic rings. The Morgan fingerprint density at radius 2 is 1.86 bits per heavy atom. The van der Waals surface area contributed by atoms with Crippen molar-refractivity contribution in [3.8, 4) is 11.5 Å². The first kappa shape index (κ1) is 26.7. The summed E-state index contributed by atoms with van der Waals surface area (Å²) >= 11 is 0. The second-order valence-corrected chi connectivity index (χ2v) is 9.99. The lowest BCUT2D eigenvalue weighted by Crippen LogP contribution is -2.51. The molecule has 1 atom stereocenters. The highest BCUT2D eigenvalue weighted by Gasteiger charge is 2.36. The maximum absolute atomic E-state index is 12.2. The zero-order chi connectivity index (χ0) is 26.3. The largest absolute Gasteiger partial charge is 0.494 e. The van der Waals surface area contributed by atoms with Gasteiger partial charge in [0.1, 0.15) is 29.5 Å². The van der Waals surface area contributed by atoms with Crippen molar-refractivity contribution >= 4 is 5.91 Å². The Bertz CT molecular complexity index is 1160. The van der Waals surface area contributed by atoms with Crippen molar-refractivity contribution in [1.82, 2.24) is 19.4 Å². The van der Waals surface area contributed by atoms with E-state index in [4.69, 9.17) is 9.47 Å². The Kier molecular flexibility index (Phi) is 8.84. The summed E-state index contributed by atoms with van der Waals surface area (Å²) in [5.41, 5.74) is 1.06. The van der Waals surface area contributed by atoms with Gasteiger partial charge in [0, 0.05) is 52.0 Å². The monoisotopic (exact) mass is 506 g/mol. The van der Waals surface area contributed by atoms with Gasteiger partial charge in [0.25, 0.3) is 0 Å². The molecule has 4 rings (SSSR count). The van der Waals surface area contributed by atoms with Gasteiger partial charge in [-0.1, -0.05) is 29.8 Å². The smallest absolute Gasteiger partial charge is 0.219 e. The van der Waals surface area contributed by atoms with Gasteiger partial charge in [-0.2, -0.15) is 0 Å². The Morgan fingerprint density at radius 1 is 1.05 bits per heavy atom. The molecule has 0 unspecified atom stereocenters. The summed E-state index contributed by atoms with van der Waals surface area (Å²) in [6.45, 7) is 9.68. The van der Waals surface area contributed by atoms with Gasteiger partial charge in [-0.05, 0) is 50.1 Å². The minimum absolute atomic E-state index is 0.0445. The number of aliphatic hydroxyl groups is 1. The van der Waals surface area contributed by atoms with Gasteiger partial charge in [-0.3, -0.25) is 9.69 Å². The number of benzene rings is 2. The summed E-state index contributed by atoms with van der Waals surface area (Å²) in [5.74, 6) is 2.50. The molecule has 198 valence electrons. The number of aromatic nitrogens is 2. The minimum Gasteiger partial charge on any atom is -0.494 e. The first-order valence-electron chi connectivity index (χ1n) is 12.9. The van der Waals surface area contributed by atoms with Crippen molar-refractivity contribution < 1.29 is 19.4 Å². The number of ether oxygens (including phenoxy) is 2. The molecule has 0 aliphatic carbocycles. The van der Waals surface area contributed by atoms with Crippen molar-refractivity contribution in [3.63, 3.8) is 0 Å². The summed E-state index contributed by atoms with van der Waals surface area (Å²) in [5, 5.41) is 11.5. The van der Waals surface area contributed by atoms with E-state index in [1.165, 1.54) is 0 Å². The number of hydrogen-bond donors (Lipinski definition) is 1. The number of carbonyl (C=O) groups is 1. The van der Waals surface area contributed by atoms with Crippen LogP contribution in [-0.4, -0.2) is 75.4 Å². The maximum Gasteiger partial charge on any atom is 0.219 e. The van der Waals surface area contributed by atoms with Crippen LogP contribution < -0.4 is 9.47 Å². The molecule has 1 amide bonds. The van der Waals surface area contributed by atoms with Crippen LogP contribution in [0.25, 0.3) is 0 Å². The lowest BCUT2D eigenvalue weighted by Gasteiger charge is -2.32. The summed E-state index contributed by atoms with van der Waals surface area (Å²) in [4.78, 5) is 20.4. The number of hydrogen-bond acceptors (Lipinski definition) is 6. The predicted molar refractivity (Wildman–Crippen MR) is 143 cm³/mol. The lowest BCUT2D eigenvalue weighted by molar-refractivity contribution is -0.132. The zero-order valence-corrected chi connectivity index (χ0v) is 22.1. The van der Waals surface area contributed by atoms with Crippen LogP contribution in [0.5, 0.6) is 11.5 Å². The molecule has 1 fully saturated rings. The maximum atomic E-state index is 12.2. The number of imidazole rings is 1. The van der Waals surface area contributed by atoms with Gasteiger partial charge in [-0.15, -0.1) is 0 Å². The second-order valence-electron chi connectivity index (χ2n) is 9.99. The fraction of sp³-hybridized carbons (Fsp3) is 0.448. The molecule has 2 heterocycles. The topological polar surface area (TPSA) is 80.1 Å². The minimum atomic E-state index is -1.19. The third-order valence-electron chi connectivity index (χ3n) is 6.70. The summed E-state index contributed by atoms with van der Waals surface area (Å²) < 4.78 is 14.1. The Morgan fingerprint density at radius 3 is 2.59 bits per heavy atom. The average molecular weight is 507 g/mol. The van der Waals surface area contributed by atoms with Crippen molar-refractivity contribution in [2.24, 2.45) is 0 Å². The van der Waals surface area contributed by atoms with E-state index in [0.29, 0.717) is 38.5 Å². The molecule has 8 nitrogen and oxygen atoms in total. The van der Waals surface area contributed by atoms with Crippen LogP contribution in [0.1, 0.15) is 30.3 Å². The number of aryl methyl sites for hydroxylation is 3. The van der Waals surface area contributed by atoms with E-state index in [-0.39, 0.29) is 19.1 Å². The summed E-state index contributed by atoms with van der Waals surface area (Å²) in [6.07, 6.45) is 4.69. The molecule has 0 spiro atoms. The van der Waals surface area contributed by atoms with E-state index in [0.717, 1.165) is 35.7 Å². The molecular formula is C29H38N4O4. The molecule has 0 bridgehead atoms. The van der Waals surface area contributed by atoms with Gasteiger partial charge < -0.3 is 24.0 Å². The molecule has 0 saturated carbocycles. The van der Waals surface area contributed by atoms with Crippen molar-refractivity contribution in [1.29, 1.82) is 0 Å². The molecule has 1 aromatic heterocycles. The average Bonchev–Trinajstić information content (AvgIpc) is 3.20. The predicted octanol–water partition coefficient (Wildman–Crippen LogP) is 3.44. The number of rotatable bonds is 10. The first-order valence-corrected chi connectivity index (χ1v) is 12.9. The van der Waals surface area contributed by atoms with E-state index >= 15 is 0 Å². The first-order chi connectivity index (χ1) is 17.8. The fourth-order valence-corrected chi connectivity index (χ4v) is 4.65. The molecule has 1 N–H and O–H groups in total. The van der Waals surface area contributed by atoms with Crippen LogP contribution in [0.3, 0.4) is 0 Å². The highest BCUT2D eigenvalue weighted by Crippen LogP contribution is 2.22. The summed E-state index contributed by atoms with van der Waals surface area (Å²) in [7, 11) is 0. The Balaban J connectivity index is 1.36. The highest BCUT2D eigenvalue weighted by atomic mass is 16.5. The van der Waals surface area contributed by atoms with Crippen molar-refractivity contribution in [3.05, 3.63) is 77.9 Å². The number of nitrogens with zero attached hydrogens (tertiary/aromatic N) is 4. The van der Waals surface area contributed by atoms with Crippen LogP contribution in [0, 0.1) is 13.8 Å². The van der Waals surface area contributed by atoms with E-state index in [2.05, 4.69) is 26.6 Å². The lowest BCUT2D eigenvalue weighted by atomic mass is 10.0. The van der Waals surface area contributed by atoms with Gasteiger partial charge in [0.15, 0.2) is 0 Å². The quantitative estimate of drug-likeness (QED) is 0.425. The van der Waals surface area contributed by atoms with Crippen LogP contribution in [0.2, 0.25) is 0 Å². The van der Waals surface area contributed by atoms with Crippen molar-refractivity contribution in [2.45, 2.75) is 45.9 Å². The fourth-order valence-electron chi connectivity index (χ4n) is 4.65. The Labute approximate surface area is 219 Å². The van der Waals surface area contributed by atoms with Gasteiger partial charge in [-0.25, -0.2) is 4.98 Å². The molecule has 37 heavy (non-hydrogen) atoms. The SMILES string of the molecule is CC(=O)N1CCN(Cc2cccc(OCCCn3ccnc3C)c2)C[C@@](O)(COc2ccc(C)cc2)C1. The highest BCUT2D eigenvalue weighted by molar-refractivity contribution is 5.73. The molecule has 0 radical (unpaired) electrons. The normalized spacial score (nSPS) is 18.4.